The quantitative estimate of drug-likeness (QED) is 0.798. The van der Waals surface area contributed by atoms with Gasteiger partial charge < -0.3 is 10.6 Å². The van der Waals surface area contributed by atoms with Crippen LogP contribution >= 0.6 is 0 Å². The Morgan fingerprint density at radius 2 is 2.24 bits per heavy atom. The Bertz CT molecular complexity index is 582. The maximum absolute atomic E-state index is 11.8. The molecule has 1 aliphatic rings. The number of nitrogens with zero attached hydrogens (tertiary/aromatic N) is 2. The van der Waals surface area contributed by atoms with Crippen molar-refractivity contribution >= 4 is 22.5 Å². The van der Waals surface area contributed by atoms with Crippen LogP contribution in [0.5, 0.6) is 0 Å². The van der Waals surface area contributed by atoms with Gasteiger partial charge in [0.1, 0.15) is 0 Å². The molecule has 1 unspecified atom stereocenters. The third-order valence-electron chi connectivity index (χ3n) is 3.05. The van der Waals surface area contributed by atoms with Crippen molar-refractivity contribution in [2.75, 3.05) is 11.4 Å². The summed E-state index contributed by atoms with van der Waals surface area (Å²) in [6, 6.07) is 9.67. The zero-order valence-corrected chi connectivity index (χ0v) is 9.34. The van der Waals surface area contributed by atoms with E-state index in [1.807, 2.05) is 30.3 Å². The molecule has 17 heavy (non-hydrogen) atoms. The number of carbonyl (C=O) groups excluding carboxylic acids is 1. The summed E-state index contributed by atoms with van der Waals surface area (Å²) in [6.07, 6.45) is 2.20. The number of rotatable bonds is 1. The van der Waals surface area contributed by atoms with E-state index in [0.717, 1.165) is 16.6 Å². The molecular weight excluding hydrogens is 214 g/mol. The molecular formula is C13H13N3O. The number of hydrogen-bond donors (Lipinski definition) is 1. The van der Waals surface area contributed by atoms with Crippen LogP contribution in [0.3, 0.4) is 0 Å². The van der Waals surface area contributed by atoms with Crippen molar-refractivity contribution in [3.63, 3.8) is 0 Å². The van der Waals surface area contributed by atoms with Gasteiger partial charge in [-0.15, -0.1) is 0 Å². The minimum Gasteiger partial charge on any atom is -0.326 e. The van der Waals surface area contributed by atoms with Crippen LogP contribution in [-0.2, 0) is 4.79 Å². The molecule has 86 valence electrons. The van der Waals surface area contributed by atoms with Gasteiger partial charge in [-0.2, -0.15) is 0 Å². The lowest BCUT2D eigenvalue weighted by molar-refractivity contribution is -0.117. The SMILES string of the molecule is NC1CC(=O)N(c2ccc3ncccc3c2)C1. The number of benzene rings is 1. The third kappa shape index (κ3) is 1.76. The highest BCUT2D eigenvalue weighted by Crippen LogP contribution is 2.24. The molecule has 2 aromatic rings. The fraction of sp³-hybridized carbons (Fsp3) is 0.231. The van der Waals surface area contributed by atoms with Gasteiger partial charge in [0.25, 0.3) is 0 Å². The largest absolute Gasteiger partial charge is 0.326 e. The van der Waals surface area contributed by atoms with Gasteiger partial charge >= 0.3 is 0 Å². The molecule has 4 heteroatoms. The van der Waals surface area contributed by atoms with E-state index >= 15 is 0 Å². The van der Waals surface area contributed by atoms with Crippen LogP contribution in [0.1, 0.15) is 6.42 Å². The Balaban J connectivity index is 2.03. The summed E-state index contributed by atoms with van der Waals surface area (Å²) in [5, 5.41) is 1.04. The van der Waals surface area contributed by atoms with Crippen LogP contribution in [0, 0.1) is 0 Å². The predicted molar refractivity (Wildman–Crippen MR) is 66.7 cm³/mol. The van der Waals surface area contributed by atoms with Crippen LogP contribution in [-0.4, -0.2) is 23.5 Å². The van der Waals surface area contributed by atoms with E-state index in [1.165, 1.54) is 0 Å². The molecule has 3 rings (SSSR count). The van der Waals surface area contributed by atoms with E-state index in [9.17, 15) is 4.79 Å². The molecule has 4 nitrogen and oxygen atoms in total. The van der Waals surface area contributed by atoms with Gasteiger partial charge in [0.2, 0.25) is 5.91 Å². The van der Waals surface area contributed by atoms with E-state index in [2.05, 4.69) is 4.98 Å². The molecule has 1 aromatic carbocycles. The predicted octanol–water partition coefficient (Wildman–Crippen LogP) is 1.30. The third-order valence-corrected chi connectivity index (χ3v) is 3.05. The topological polar surface area (TPSA) is 59.2 Å². The number of pyridine rings is 1. The van der Waals surface area contributed by atoms with Crippen LogP contribution in [0.25, 0.3) is 10.9 Å². The number of amides is 1. The van der Waals surface area contributed by atoms with Crippen molar-refractivity contribution in [2.45, 2.75) is 12.5 Å². The summed E-state index contributed by atoms with van der Waals surface area (Å²) in [5.41, 5.74) is 7.63. The van der Waals surface area contributed by atoms with Crippen molar-refractivity contribution < 1.29 is 4.79 Å². The van der Waals surface area contributed by atoms with E-state index in [4.69, 9.17) is 5.73 Å². The number of nitrogens with two attached hydrogens (primary N) is 1. The van der Waals surface area contributed by atoms with E-state index in [-0.39, 0.29) is 11.9 Å². The Kier molecular flexibility index (Phi) is 2.30. The van der Waals surface area contributed by atoms with Crippen molar-refractivity contribution in [2.24, 2.45) is 5.73 Å². The highest BCUT2D eigenvalue weighted by Gasteiger charge is 2.27. The number of carbonyl (C=O) groups is 1. The normalized spacial score (nSPS) is 20.2. The van der Waals surface area contributed by atoms with Gasteiger partial charge in [-0.05, 0) is 24.3 Å². The Morgan fingerprint density at radius 1 is 1.35 bits per heavy atom. The maximum Gasteiger partial charge on any atom is 0.228 e. The summed E-state index contributed by atoms with van der Waals surface area (Å²) >= 11 is 0. The number of anilines is 1. The summed E-state index contributed by atoms with van der Waals surface area (Å²) in [7, 11) is 0. The number of fused-ring (bicyclic) bond motifs is 1. The zero-order valence-electron chi connectivity index (χ0n) is 9.34. The van der Waals surface area contributed by atoms with Crippen LogP contribution in [0.15, 0.2) is 36.5 Å². The summed E-state index contributed by atoms with van der Waals surface area (Å²) < 4.78 is 0. The Labute approximate surface area is 99.0 Å². The summed E-state index contributed by atoms with van der Waals surface area (Å²) in [5.74, 6) is 0.0979. The first-order valence-corrected chi connectivity index (χ1v) is 5.65. The lowest BCUT2D eigenvalue weighted by Gasteiger charge is -2.16. The molecule has 0 radical (unpaired) electrons. The highest BCUT2D eigenvalue weighted by atomic mass is 16.2. The minimum atomic E-state index is -0.0490. The van der Waals surface area contributed by atoms with E-state index in [0.29, 0.717) is 13.0 Å². The minimum absolute atomic E-state index is 0.0490. The molecule has 0 saturated carbocycles. The van der Waals surface area contributed by atoms with Gasteiger partial charge in [0.15, 0.2) is 0 Å². The fourth-order valence-corrected chi connectivity index (χ4v) is 2.22. The molecule has 1 atom stereocenters. The number of aromatic nitrogens is 1. The zero-order chi connectivity index (χ0) is 11.8. The molecule has 1 aromatic heterocycles. The van der Waals surface area contributed by atoms with Crippen molar-refractivity contribution in [1.82, 2.24) is 4.98 Å². The highest BCUT2D eigenvalue weighted by molar-refractivity contribution is 5.98. The molecule has 1 saturated heterocycles. The van der Waals surface area contributed by atoms with Gasteiger partial charge in [0.05, 0.1) is 5.52 Å². The molecule has 2 heterocycles. The van der Waals surface area contributed by atoms with Crippen molar-refractivity contribution in [3.05, 3.63) is 36.5 Å². The Hall–Kier alpha value is -1.94. The fourth-order valence-electron chi connectivity index (χ4n) is 2.22. The molecule has 0 bridgehead atoms. The van der Waals surface area contributed by atoms with Gasteiger partial charge in [-0.3, -0.25) is 9.78 Å². The van der Waals surface area contributed by atoms with Crippen molar-refractivity contribution in [1.29, 1.82) is 0 Å². The first-order valence-electron chi connectivity index (χ1n) is 5.65. The molecule has 2 N–H and O–H groups in total. The first-order chi connectivity index (χ1) is 8.24. The molecule has 1 amide bonds. The molecule has 1 aliphatic heterocycles. The van der Waals surface area contributed by atoms with Crippen LogP contribution in [0.2, 0.25) is 0 Å². The second kappa shape index (κ2) is 3.82. The average molecular weight is 227 g/mol. The van der Waals surface area contributed by atoms with Gasteiger partial charge in [-0.1, -0.05) is 6.07 Å². The average Bonchev–Trinajstić information content (AvgIpc) is 2.68. The molecule has 0 spiro atoms. The summed E-state index contributed by atoms with van der Waals surface area (Å²) in [4.78, 5) is 17.8. The smallest absolute Gasteiger partial charge is 0.228 e. The van der Waals surface area contributed by atoms with Gasteiger partial charge in [0, 0.05) is 36.3 Å². The lowest BCUT2D eigenvalue weighted by Crippen LogP contribution is -2.27. The molecule has 1 fully saturated rings. The monoisotopic (exact) mass is 227 g/mol. The van der Waals surface area contributed by atoms with Crippen molar-refractivity contribution in [3.8, 4) is 0 Å². The summed E-state index contributed by atoms with van der Waals surface area (Å²) in [6.45, 7) is 0.602. The van der Waals surface area contributed by atoms with E-state index < -0.39 is 0 Å². The van der Waals surface area contributed by atoms with Gasteiger partial charge in [-0.25, -0.2) is 0 Å². The number of hydrogen-bond acceptors (Lipinski definition) is 3. The van der Waals surface area contributed by atoms with Crippen LogP contribution < -0.4 is 10.6 Å². The van der Waals surface area contributed by atoms with Crippen LogP contribution in [0.4, 0.5) is 5.69 Å². The lowest BCUT2D eigenvalue weighted by atomic mass is 10.2. The second-order valence-corrected chi connectivity index (χ2v) is 4.35. The second-order valence-electron chi connectivity index (χ2n) is 4.35. The molecule has 0 aliphatic carbocycles. The maximum atomic E-state index is 11.8. The first kappa shape index (κ1) is 10.2. The standard InChI is InChI=1S/C13H13N3O/c14-10-7-13(17)16(8-10)11-3-4-12-9(6-11)2-1-5-15-12/h1-6,10H,7-8,14H2. The Morgan fingerprint density at radius 3 is 3.00 bits per heavy atom. The van der Waals surface area contributed by atoms with E-state index in [1.54, 1.807) is 11.1 Å².